The molecule has 0 fully saturated rings. The predicted octanol–water partition coefficient (Wildman–Crippen LogP) is 5.90. The van der Waals surface area contributed by atoms with Gasteiger partial charge in [-0.15, -0.1) is 0 Å². The second kappa shape index (κ2) is 9.29. The van der Waals surface area contributed by atoms with Crippen LogP contribution in [0.5, 0.6) is 23.0 Å². The van der Waals surface area contributed by atoms with Gasteiger partial charge < -0.3 is 19.7 Å². The number of hydrogen-bond acceptors (Lipinski definition) is 5. The van der Waals surface area contributed by atoms with Gasteiger partial charge in [-0.2, -0.15) is 0 Å². The number of allylic oxidation sites excluding steroid dienone is 3. The number of phenolic OH excluding ortho intramolecular Hbond substituents is 2. The molecule has 0 bridgehead atoms. The molecule has 0 saturated heterocycles. The molecule has 2 aromatic carbocycles. The number of benzene rings is 2. The fourth-order valence-corrected chi connectivity index (χ4v) is 3.85. The third-order valence-electron chi connectivity index (χ3n) is 5.69. The second-order valence-corrected chi connectivity index (χ2v) is 8.36. The van der Waals surface area contributed by atoms with E-state index in [1.165, 1.54) is 18.7 Å². The largest absolute Gasteiger partial charge is 0.508 e. The molecule has 31 heavy (non-hydrogen) atoms. The van der Waals surface area contributed by atoms with Gasteiger partial charge in [0, 0.05) is 17.2 Å². The molecule has 0 amide bonds. The summed E-state index contributed by atoms with van der Waals surface area (Å²) in [6.07, 6.45) is 3.05. The van der Waals surface area contributed by atoms with Crippen LogP contribution < -0.4 is 9.47 Å². The van der Waals surface area contributed by atoms with Crippen molar-refractivity contribution in [2.24, 2.45) is 5.92 Å². The Morgan fingerprint density at radius 3 is 2.65 bits per heavy atom. The Hall–Kier alpha value is -3.21. The van der Waals surface area contributed by atoms with E-state index in [1.54, 1.807) is 24.3 Å². The van der Waals surface area contributed by atoms with Crippen molar-refractivity contribution in [3.63, 3.8) is 0 Å². The van der Waals surface area contributed by atoms with E-state index in [4.69, 9.17) is 9.47 Å². The van der Waals surface area contributed by atoms with Crippen LogP contribution in [0.15, 0.2) is 54.1 Å². The first-order chi connectivity index (χ1) is 14.7. The summed E-state index contributed by atoms with van der Waals surface area (Å²) >= 11 is 0. The number of aromatic hydroxyl groups is 2. The molecular weight excluding hydrogens is 392 g/mol. The molecule has 0 saturated carbocycles. The third-order valence-corrected chi connectivity index (χ3v) is 5.69. The molecule has 2 atom stereocenters. The first-order valence-electron chi connectivity index (χ1n) is 10.4. The number of rotatable bonds is 7. The fraction of sp³-hybridized carbons (Fsp3) is 0.346. The van der Waals surface area contributed by atoms with Crippen molar-refractivity contribution in [1.82, 2.24) is 0 Å². The van der Waals surface area contributed by atoms with E-state index in [9.17, 15) is 15.0 Å². The van der Waals surface area contributed by atoms with Crippen molar-refractivity contribution in [3.8, 4) is 23.0 Å². The van der Waals surface area contributed by atoms with Crippen molar-refractivity contribution in [3.05, 3.63) is 70.8 Å². The summed E-state index contributed by atoms with van der Waals surface area (Å²) in [5.41, 5.74) is 3.99. The molecule has 1 heterocycles. The highest BCUT2D eigenvalue weighted by Gasteiger charge is 2.33. The number of hydrogen-bond donors (Lipinski definition) is 2. The number of phenols is 2. The molecule has 3 rings (SSSR count). The molecule has 0 aromatic heterocycles. The number of ketones is 1. The maximum atomic E-state index is 13.0. The average Bonchev–Trinajstić information content (AvgIpc) is 2.71. The van der Waals surface area contributed by atoms with Crippen molar-refractivity contribution < 1.29 is 24.5 Å². The van der Waals surface area contributed by atoms with E-state index in [1.807, 2.05) is 6.92 Å². The van der Waals surface area contributed by atoms with Crippen molar-refractivity contribution >= 4 is 5.78 Å². The van der Waals surface area contributed by atoms with Gasteiger partial charge in [-0.3, -0.25) is 4.79 Å². The zero-order valence-corrected chi connectivity index (χ0v) is 18.6. The number of ether oxygens (including phenoxy) is 2. The number of carbonyl (C=O) groups is 1. The van der Waals surface area contributed by atoms with Crippen LogP contribution in [0.1, 0.15) is 61.2 Å². The molecule has 1 aliphatic rings. The van der Waals surface area contributed by atoms with E-state index in [-0.39, 0.29) is 29.6 Å². The van der Waals surface area contributed by atoms with Crippen LogP contribution in [0.25, 0.3) is 0 Å². The van der Waals surface area contributed by atoms with E-state index < -0.39 is 6.10 Å². The minimum Gasteiger partial charge on any atom is -0.508 e. The molecule has 0 aliphatic carbocycles. The summed E-state index contributed by atoms with van der Waals surface area (Å²) in [4.78, 5) is 13.0. The van der Waals surface area contributed by atoms with E-state index >= 15 is 0 Å². The first kappa shape index (κ1) is 22.5. The maximum absolute atomic E-state index is 13.0. The quantitative estimate of drug-likeness (QED) is 0.543. The number of carbonyl (C=O) groups excluding carboxylic acids is 1. The lowest BCUT2D eigenvalue weighted by atomic mass is 9.86. The summed E-state index contributed by atoms with van der Waals surface area (Å²) in [6, 6.07) is 7.92. The lowest BCUT2D eigenvalue weighted by Gasteiger charge is -2.29. The molecule has 2 aromatic rings. The highest BCUT2D eigenvalue weighted by molar-refractivity contribution is 6.00. The summed E-state index contributed by atoms with van der Waals surface area (Å²) < 4.78 is 11.7. The molecular formula is C26H30O5. The van der Waals surface area contributed by atoms with Gasteiger partial charge in [-0.1, -0.05) is 23.8 Å². The topological polar surface area (TPSA) is 76.0 Å². The van der Waals surface area contributed by atoms with Gasteiger partial charge in [0.1, 0.15) is 29.1 Å². The number of fused-ring (bicyclic) bond motifs is 1. The van der Waals surface area contributed by atoms with Gasteiger partial charge in [0.25, 0.3) is 0 Å². The van der Waals surface area contributed by atoms with E-state index in [0.717, 1.165) is 12.0 Å². The zero-order chi connectivity index (χ0) is 22.7. The molecule has 2 unspecified atom stereocenters. The Balaban J connectivity index is 2.01. The molecule has 0 radical (unpaired) electrons. The molecule has 5 nitrogen and oxygen atoms in total. The Kier molecular flexibility index (Phi) is 6.74. The molecule has 0 spiro atoms. The van der Waals surface area contributed by atoms with E-state index in [0.29, 0.717) is 34.6 Å². The van der Waals surface area contributed by atoms with E-state index in [2.05, 4.69) is 26.5 Å². The van der Waals surface area contributed by atoms with Crippen molar-refractivity contribution in [1.29, 1.82) is 0 Å². The van der Waals surface area contributed by atoms with Gasteiger partial charge in [0.2, 0.25) is 0 Å². The van der Waals surface area contributed by atoms with Crippen LogP contribution in [0, 0.1) is 5.92 Å². The zero-order valence-electron chi connectivity index (χ0n) is 18.6. The minimum atomic E-state index is -0.572. The van der Waals surface area contributed by atoms with Crippen LogP contribution >= 0.6 is 0 Å². The Morgan fingerprint density at radius 2 is 2.00 bits per heavy atom. The Bertz CT molecular complexity index is 1030. The van der Waals surface area contributed by atoms with Crippen molar-refractivity contribution in [2.45, 2.75) is 46.1 Å². The third kappa shape index (κ3) is 4.93. The fourth-order valence-electron chi connectivity index (χ4n) is 3.85. The van der Waals surface area contributed by atoms with Crippen LogP contribution in [0.3, 0.4) is 0 Å². The SMILES string of the molecule is C=C(C)C(CC=C(C)C)Cc1c(O)ccc2c1OC(c1ccc(O)cc1OC)CC2=O. The summed E-state index contributed by atoms with van der Waals surface area (Å²) in [7, 11) is 1.51. The molecule has 2 N–H and O–H groups in total. The van der Waals surface area contributed by atoms with Gasteiger partial charge in [0.15, 0.2) is 5.78 Å². The minimum absolute atomic E-state index is 0.0567. The average molecular weight is 423 g/mol. The number of methoxy groups -OCH3 is 1. The first-order valence-corrected chi connectivity index (χ1v) is 10.4. The van der Waals surface area contributed by atoms with Crippen LogP contribution in [0.2, 0.25) is 0 Å². The van der Waals surface area contributed by atoms with Gasteiger partial charge >= 0.3 is 0 Å². The van der Waals surface area contributed by atoms with Crippen molar-refractivity contribution in [2.75, 3.05) is 7.11 Å². The number of Topliss-reactive ketones (excluding diaryl/α,β-unsaturated/α-hetero) is 1. The van der Waals surface area contributed by atoms with Crippen LogP contribution in [-0.2, 0) is 6.42 Å². The maximum Gasteiger partial charge on any atom is 0.170 e. The van der Waals surface area contributed by atoms with Gasteiger partial charge in [-0.25, -0.2) is 0 Å². The smallest absolute Gasteiger partial charge is 0.170 e. The molecule has 5 heteroatoms. The highest BCUT2D eigenvalue weighted by atomic mass is 16.5. The predicted molar refractivity (Wildman–Crippen MR) is 121 cm³/mol. The van der Waals surface area contributed by atoms with Crippen LogP contribution in [0.4, 0.5) is 0 Å². The summed E-state index contributed by atoms with van der Waals surface area (Å²) in [5.74, 6) is 1.10. The van der Waals surface area contributed by atoms with Crippen LogP contribution in [-0.4, -0.2) is 23.1 Å². The van der Waals surface area contributed by atoms with Gasteiger partial charge in [-0.05, 0) is 63.8 Å². The highest BCUT2D eigenvalue weighted by Crippen LogP contribution is 2.44. The Morgan fingerprint density at radius 1 is 1.26 bits per heavy atom. The normalized spacial score (nSPS) is 16.1. The second-order valence-electron chi connectivity index (χ2n) is 8.36. The molecule has 164 valence electrons. The standard InChI is InChI=1S/C26H30O5/c1-15(2)6-7-17(16(3)4)12-21-22(28)11-10-19-23(29)14-25(31-26(19)21)20-9-8-18(27)13-24(20)30-5/h6,8-11,13,17,25,27-28H,3,7,12,14H2,1-2,4-5H3. The Labute approximate surface area is 183 Å². The lowest BCUT2D eigenvalue weighted by molar-refractivity contribution is 0.0843. The van der Waals surface area contributed by atoms with Gasteiger partial charge in [0.05, 0.1) is 19.1 Å². The monoisotopic (exact) mass is 422 g/mol. The molecule has 1 aliphatic heterocycles. The lowest BCUT2D eigenvalue weighted by Crippen LogP contribution is -2.22. The summed E-state index contributed by atoms with van der Waals surface area (Å²) in [6.45, 7) is 10.2. The summed E-state index contributed by atoms with van der Waals surface area (Å²) in [5, 5.41) is 20.4.